The molecular weight excluding hydrogens is 386 g/mol. The fraction of sp³-hybridized carbons (Fsp3) is 0.269. The number of nitrogens with zero attached hydrogens (tertiary/aromatic N) is 2. The molecule has 31 heavy (non-hydrogen) atoms. The Morgan fingerprint density at radius 1 is 0.871 bits per heavy atom. The van der Waals surface area contributed by atoms with Gasteiger partial charge >= 0.3 is 0 Å². The average molecular weight is 416 g/mol. The van der Waals surface area contributed by atoms with Crippen LogP contribution in [-0.2, 0) is 29.1 Å². The van der Waals surface area contributed by atoms with Crippen molar-refractivity contribution in [2.24, 2.45) is 5.92 Å². The molecule has 1 N–H and O–H groups in total. The molecule has 2 aromatic carbocycles. The van der Waals surface area contributed by atoms with E-state index in [4.69, 9.17) is 0 Å². The van der Waals surface area contributed by atoms with Crippen molar-refractivity contribution in [3.8, 4) is 0 Å². The van der Waals surface area contributed by atoms with E-state index in [-0.39, 0.29) is 17.7 Å². The third-order valence-electron chi connectivity index (χ3n) is 5.11. The highest BCUT2D eigenvalue weighted by molar-refractivity contribution is 5.88. The lowest BCUT2D eigenvalue weighted by Crippen LogP contribution is -2.51. The number of hydrogen-bond acceptors (Lipinski definition) is 3. The van der Waals surface area contributed by atoms with Gasteiger partial charge in [0.2, 0.25) is 11.8 Å². The Labute approximate surface area is 184 Å². The maximum Gasteiger partial charge on any atom is 0.243 e. The number of amides is 2. The van der Waals surface area contributed by atoms with Gasteiger partial charge in [0.05, 0.1) is 0 Å². The van der Waals surface area contributed by atoms with Crippen molar-refractivity contribution in [3.63, 3.8) is 0 Å². The monoisotopic (exact) mass is 415 g/mol. The predicted molar refractivity (Wildman–Crippen MR) is 122 cm³/mol. The van der Waals surface area contributed by atoms with Crippen LogP contribution in [0.4, 0.5) is 0 Å². The highest BCUT2D eigenvalue weighted by Crippen LogP contribution is 2.17. The van der Waals surface area contributed by atoms with Crippen LogP contribution in [0, 0.1) is 5.92 Å². The Morgan fingerprint density at radius 3 is 2.06 bits per heavy atom. The second-order valence-corrected chi connectivity index (χ2v) is 7.89. The molecule has 0 spiro atoms. The van der Waals surface area contributed by atoms with Gasteiger partial charge in [0.25, 0.3) is 0 Å². The van der Waals surface area contributed by atoms with Gasteiger partial charge in [-0.15, -0.1) is 0 Å². The zero-order valence-electron chi connectivity index (χ0n) is 18.1. The predicted octanol–water partition coefficient (Wildman–Crippen LogP) is 3.99. The van der Waals surface area contributed by atoms with Gasteiger partial charge in [-0.25, -0.2) is 0 Å². The fourth-order valence-corrected chi connectivity index (χ4v) is 3.44. The van der Waals surface area contributed by atoms with Gasteiger partial charge in [-0.2, -0.15) is 0 Å². The molecule has 0 saturated carbocycles. The van der Waals surface area contributed by atoms with E-state index < -0.39 is 6.04 Å². The fourth-order valence-electron chi connectivity index (χ4n) is 3.44. The van der Waals surface area contributed by atoms with E-state index in [1.54, 1.807) is 17.3 Å². The highest BCUT2D eigenvalue weighted by Gasteiger charge is 2.31. The Hall–Kier alpha value is -3.47. The lowest BCUT2D eigenvalue weighted by Gasteiger charge is -2.32. The Bertz CT molecular complexity index is 960. The molecule has 5 nitrogen and oxygen atoms in total. The lowest BCUT2D eigenvalue weighted by atomic mass is 10.0. The quantitative estimate of drug-likeness (QED) is 0.575. The molecule has 0 saturated heterocycles. The van der Waals surface area contributed by atoms with Crippen LogP contribution in [0.25, 0.3) is 0 Å². The van der Waals surface area contributed by atoms with E-state index in [0.717, 1.165) is 16.7 Å². The van der Waals surface area contributed by atoms with Crippen LogP contribution in [0.2, 0.25) is 0 Å². The summed E-state index contributed by atoms with van der Waals surface area (Å²) in [5.74, 6) is -0.424. The van der Waals surface area contributed by atoms with E-state index in [1.807, 2.05) is 86.6 Å². The molecule has 2 amide bonds. The first-order valence-corrected chi connectivity index (χ1v) is 10.6. The molecule has 1 atom stereocenters. The zero-order chi connectivity index (χ0) is 22.1. The van der Waals surface area contributed by atoms with Gasteiger partial charge < -0.3 is 10.2 Å². The standard InChI is InChI=1S/C26H29N3O2/c1-20(2)26(31)29(19-22-12-7-4-8-13-22)24(16-21-10-5-3-6-11-21)25(30)28-18-23-14-9-15-27-17-23/h3-15,17,20,24H,16,18-19H2,1-2H3,(H,28,30)/t24-/m0/s1. The SMILES string of the molecule is CC(C)C(=O)N(Cc1ccccc1)[C@@H](Cc1ccccc1)C(=O)NCc1cccnc1. The Kier molecular flexibility index (Phi) is 7.93. The van der Waals surface area contributed by atoms with Crippen molar-refractivity contribution in [2.45, 2.75) is 39.4 Å². The summed E-state index contributed by atoms with van der Waals surface area (Å²) in [6, 6.07) is 22.8. The zero-order valence-corrected chi connectivity index (χ0v) is 18.1. The minimum absolute atomic E-state index is 0.0405. The molecule has 0 bridgehead atoms. The molecule has 3 rings (SSSR count). The van der Waals surface area contributed by atoms with E-state index in [9.17, 15) is 9.59 Å². The topological polar surface area (TPSA) is 62.3 Å². The summed E-state index contributed by atoms with van der Waals surface area (Å²) in [5.41, 5.74) is 2.92. The van der Waals surface area contributed by atoms with Crippen molar-refractivity contribution in [1.82, 2.24) is 15.2 Å². The van der Waals surface area contributed by atoms with Gasteiger partial charge in [-0.3, -0.25) is 14.6 Å². The Morgan fingerprint density at radius 2 is 1.48 bits per heavy atom. The minimum atomic E-state index is -0.617. The smallest absolute Gasteiger partial charge is 0.243 e. The van der Waals surface area contributed by atoms with E-state index in [2.05, 4.69) is 10.3 Å². The Balaban J connectivity index is 1.88. The van der Waals surface area contributed by atoms with Crippen LogP contribution in [0.5, 0.6) is 0 Å². The first kappa shape index (κ1) is 22.2. The number of carbonyl (C=O) groups excluding carboxylic acids is 2. The molecule has 0 radical (unpaired) electrons. The van der Waals surface area contributed by atoms with Gasteiger partial charge in [0.1, 0.15) is 6.04 Å². The van der Waals surface area contributed by atoms with Gasteiger partial charge in [0.15, 0.2) is 0 Å². The van der Waals surface area contributed by atoms with Crippen molar-refractivity contribution in [1.29, 1.82) is 0 Å². The third kappa shape index (κ3) is 6.51. The molecule has 0 aliphatic carbocycles. The third-order valence-corrected chi connectivity index (χ3v) is 5.11. The first-order chi connectivity index (χ1) is 15.0. The first-order valence-electron chi connectivity index (χ1n) is 10.6. The van der Waals surface area contributed by atoms with E-state index in [0.29, 0.717) is 19.5 Å². The molecule has 0 fully saturated rings. The summed E-state index contributed by atoms with van der Waals surface area (Å²) >= 11 is 0. The number of rotatable bonds is 9. The molecule has 5 heteroatoms. The number of carbonyl (C=O) groups is 2. The van der Waals surface area contributed by atoms with Crippen LogP contribution in [-0.4, -0.2) is 27.7 Å². The lowest BCUT2D eigenvalue weighted by molar-refractivity contribution is -0.143. The molecule has 1 aromatic heterocycles. The average Bonchev–Trinajstić information content (AvgIpc) is 2.81. The number of pyridine rings is 1. The normalized spacial score (nSPS) is 11.7. The van der Waals surface area contributed by atoms with Crippen molar-refractivity contribution in [3.05, 3.63) is 102 Å². The maximum absolute atomic E-state index is 13.4. The van der Waals surface area contributed by atoms with Crippen LogP contribution in [0.15, 0.2) is 85.2 Å². The number of nitrogens with one attached hydrogen (secondary N) is 1. The summed E-state index contributed by atoms with van der Waals surface area (Å²) in [6.45, 7) is 4.49. The van der Waals surface area contributed by atoms with E-state index in [1.165, 1.54) is 0 Å². The summed E-state index contributed by atoms with van der Waals surface area (Å²) < 4.78 is 0. The minimum Gasteiger partial charge on any atom is -0.350 e. The van der Waals surface area contributed by atoms with Crippen LogP contribution < -0.4 is 5.32 Å². The molecule has 160 valence electrons. The second-order valence-electron chi connectivity index (χ2n) is 7.89. The summed E-state index contributed by atoms with van der Waals surface area (Å²) in [5, 5.41) is 3.01. The van der Waals surface area contributed by atoms with E-state index >= 15 is 0 Å². The summed E-state index contributed by atoms with van der Waals surface area (Å²) in [4.78, 5) is 32.4. The maximum atomic E-state index is 13.4. The van der Waals surface area contributed by atoms with Crippen molar-refractivity contribution in [2.75, 3.05) is 0 Å². The largest absolute Gasteiger partial charge is 0.350 e. The molecule has 0 unspecified atom stereocenters. The number of hydrogen-bond donors (Lipinski definition) is 1. The number of benzene rings is 2. The van der Waals surface area contributed by atoms with Crippen LogP contribution >= 0.6 is 0 Å². The second kappa shape index (κ2) is 11.1. The summed E-state index contributed by atoms with van der Waals surface area (Å²) in [6.07, 6.45) is 3.88. The number of aromatic nitrogens is 1. The van der Waals surface area contributed by atoms with Crippen molar-refractivity contribution >= 4 is 11.8 Å². The van der Waals surface area contributed by atoms with Gasteiger partial charge in [-0.05, 0) is 22.8 Å². The molecule has 3 aromatic rings. The molecule has 1 heterocycles. The van der Waals surface area contributed by atoms with Gasteiger partial charge in [-0.1, -0.05) is 80.6 Å². The van der Waals surface area contributed by atoms with Crippen LogP contribution in [0.3, 0.4) is 0 Å². The highest BCUT2D eigenvalue weighted by atomic mass is 16.2. The van der Waals surface area contributed by atoms with Crippen LogP contribution in [0.1, 0.15) is 30.5 Å². The molecule has 0 aliphatic rings. The van der Waals surface area contributed by atoms with Gasteiger partial charge in [0, 0.05) is 37.8 Å². The summed E-state index contributed by atoms with van der Waals surface area (Å²) in [7, 11) is 0. The molecular formula is C26H29N3O2. The molecule has 0 aliphatic heterocycles. The van der Waals surface area contributed by atoms with Crippen molar-refractivity contribution < 1.29 is 9.59 Å².